The van der Waals surface area contributed by atoms with Crippen molar-refractivity contribution in [3.8, 4) is 90.5 Å². The topological polar surface area (TPSA) is 43.4 Å². The summed E-state index contributed by atoms with van der Waals surface area (Å²) in [5.41, 5.74) is 28.1. The fourth-order valence-electron chi connectivity index (χ4n) is 17.1. The predicted octanol–water partition coefficient (Wildman–Crippen LogP) is 30.7. The van der Waals surface area contributed by atoms with E-state index in [-0.39, 0.29) is 21.7 Å². The fraction of sp³-hybridized carbons (Fsp3) is 0.218. The van der Waals surface area contributed by atoms with Gasteiger partial charge in [0.1, 0.15) is 46.0 Å². The lowest BCUT2D eigenvalue weighted by molar-refractivity contribution is 0.481. The highest BCUT2D eigenvalue weighted by Gasteiger charge is 2.35. The van der Waals surface area contributed by atoms with Crippen LogP contribution < -0.4 is 28.7 Å². The number of para-hydroxylation sites is 4. The zero-order chi connectivity index (χ0) is 80.7. The van der Waals surface area contributed by atoms with Crippen LogP contribution in [0.3, 0.4) is 0 Å². The molecule has 116 heavy (non-hydrogen) atoms. The van der Waals surface area contributed by atoms with Crippen molar-refractivity contribution in [2.75, 3.05) is 9.80 Å². The molecule has 0 fully saturated rings. The second-order valence-corrected chi connectivity index (χ2v) is 36.4. The van der Waals surface area contributed by atoms with Gasteiger partial charge in [0.2, 0.25) is 0 Å². The average Bonchev–Trinajstić information content (AvgIpc) is 0.676. The van der Waals surface area contributed by atoms with E-state index >= 15 is 0 Å². The summed E-state index contributed by atoms with van der Waals surface area (Å²) in [7, 11) is 0. The van der Waals surface area contributed by atoms with Crippen molar-refractivity contribution in [1.82, 2.24) is 0 Å². The number of aryl methyl sites for hydroxylation is 4. The Balaban J connectivity index is 0.000000183. The standard InChI is InChI=1S/C64H50N2O4.C46H54/c1-39-25-27-41(3)51(29-39)65-35-43-31-53(67-47-17-9-5-10-18-47)59-61-55(69-49-21-13-7-14-22-49)33-45-37-66(52-30-40(2)26-28-42(52)4)38-46-34-56(70-50-23-15-8-16-24-50)62(64(61)58(45)46)60-54(68-48-19-11-6-12-20-48)32-44(36-65)57(43)63(59)60;1-43(2,3)39-25-37(26-40(29-39)44(4,5)6)35-21-17-33(18-22-35)31-13-15-32(16-14-31)34-19-23-36(24-20-34)38-27-41(45(7,8)9)30-42(28-38)46(10,11)12/h5-34H,35-38H2,1-4H3;13-30H,1-12H3. The number of nitrogens with zero attached hydrogens (tertiary/aromatic N) is 2. The van der Waals surface area contributed by atoms with E-state index in [1.807, 2.05) is 121 Å². The van der Waals surface area contributed by atoms with Gasteiger partial charge in [-0.2, -0.15) is 0 Å². The number of benzene rings is 16. The van der Waals surface area contributed by atoms with Gasteiger partial charge in [0.15, 0.2) is 0 Å². The van der Waals surface area contributed by atoms with Gasteiger partial charge in [-0.1, -0.05) is 289 Å². The van der Waals surface area contributed by atoms with Crippen LogP contribution in [-0.4, -0.2) is 0 Å². The van der Waals surface area contributed by atoms with E-state index in [4.69, 9.17) is 18.9 Å². The molecule has 0 amide bonds. The monoisotopic (exact) mass is 1520 g/mol. The maximum atomic E-state index is 7.27. The van der Waals surface area contributed by atoms with E-state index in [2.05, 4.69) is 290 Å². The molecule has 18 rings (SSSR count). The van der Waals surface area contributed by atoms with Crippen LogP contribution in [0.25, 0.3) is 87.6 Å². The van der Waals surface area contributed by atoms with Crippen molar-refractivity contribution in [1.29, 1.82) is 0 Å². The van der Waals surface area contributed by atoms with Gasteiger partial charge in [-0.05, 0) is 256 Å². The number of hydrogen-bond acceptors (Lipinski definition) is 6. The van der Waals surface area contributed by atoms with Crippen LogP contribution in [0, 0.1) is 27.7 Å². The smallest absolute Gasteiger partial charge is 0.136 e. The minimum absolute atomic E-state index is 0.102. The zero-order valence-electron chi connectivity index (χ0n) is 70.1. The van der Waals surface area contributed by atoms with Crippen molar-refractivity contribution >= 4 is 54.5 Å². The molecule has 16 aromatic rings. The molecule has 578 valence electrons. The fourth-order valence-corrected chi connectivity index (χ4v) is 17.1. The van der Waals surface area contributed by atoms with Gasteiger partial charge < -0.3 is 28.7 Å². The van der Waals surface area contributed by atoms with Gasteiger partial charge in [0.25, 0.3) is 0 Å². The molecule has 0 aliphatic carbocycles. The number of ether oxygens (including phenoxy) is 4. The number of hydrogen-bond donors (Lipinski definition) is 0. The maximum absolute atomic E-state index is 7.27. The molecule has 2 heterocycles. The lowest BCUT2D eigenvalue weighted by Crippen LogP contribution is -2.27. The van der Waals surface area contributed by atoms with E-state index < -0.39 is 0 Å². The number of anilines is 2. The second-order valence-electron chi connectivity index (χ2n) is 36.4. The SMILES string of the molecule is CC(C)(C)c1cc(-c2ccc(-c3ccc(-c4ccc(-c5cc(C(C)(C)C)cc(C(C)(C)C)c5)cc4)cc3)cc2)cc(C(C)(C)C)c1.Cc1ccc(C)c(N2Cc3cc(Oc4ccccc4)c4c5c(Oc6ccccc6)cc6c7c(cc(Oc8ccccc8)c(c8c(Oc9ccccc9)cc(c3c48)C2)c75)CN(c2cc(C)ccc2C)C6)c1. The third-order valence-corrected chi connectivity index (χ3v) is 23.5. The van der Waals surface area contributed by atoms with Crippen molar-refractivity contribution < 1.29 is 18.9 Å². The Morgan fingerprint density at radius 2 is 0.440 bits per heavy atom. The summed E-state index contributed by atoms with van der Waals surface area (Å²) in [6.07, 6.45) is 0. The Labute approximate surface area is 685 Å². The molecule has 0 bridgehead atoms. The third kappa shape index (κ3) is 15.3. The molecule has 0 spiro atoms. The molecule has 0 radical (unpaired) electrons. The minimum atomic E-state index is 0.102. The molecule has 0 atom stereocenters. The zero-order valence-corrected chi connectivity index (χ0v) is 70.1. The molecule has 0 saturated heterocycles. The molecule has 6 nitrogen and oxygen atoms in total. The highest BCUT2D eigenvalue weighted by Crippen LogP contribution is 2.59. The van der Waals surface area contributed by atoms with E-state index in [0.29, 0.717) is 26.2 Å². The Bertz CT molecular complexity index is 5710. The summed E-state index contributed by atoms with van der Waals surface area (Å²) in [4.78, 5) is 5.00. The summed E-state index contributed by atoms with van der Waals surface area (Å²) >= 11 is 0. The first-order valence-electron chi connectivity index (χ1n) is 41.1. The summed E-state index contributed by atoms with van der Waals surface area (Å²) < 4.78 is 29.1. The largest absolute Gasteiger partial charge is 0.457 e. The minimum Gasteiger partial charge on any atom is -0.457 e. The second kappa shape index (κ2) is 30.1. The Kier molecular flexibility index (Phi) is 19.8. The van der Waals surface area contributed by atoms with Crippen molar-refractivity contribution in [3.63, 3.8) is 0 Å². The lowest BCUT2D eigenvalue weighted by Gasteiger charge is -2.36. The lowest BCUT2D eigenvalue weighted by atomic mass is 9.79. The first-order valence-corrected chi connectivity index (χ1v) is 41.1. The van der Waals surface area contributed by atoms with Gasteiger partial charge in [-0.3, -0.25) is 0 Å². The Morgan fingerprint density at radius 3 is 0.664 bits per heavy atom. The summed E-state index contributed by atoms with van der Waals surface area (Å²) in [6.45, 7) is 39.1. The van der Waals surface area contributed by atoms with Crippen molar-refractivity contribution in [2.24, 2.45) is 0 Å². The van der Waals surface area contributed by atoms with Crippen LogP contribution in [0.4, 0.5) is 11.4 Å². The molecule has 0 aromatic heterocycles. The molecular weight excluding hydrogens is 1410 g/mol. The predicted molar refractivity (Wildman–Crippen MR) is 488 cm³/mol. The van der Waals surface area contributed by atoms with E-state index in [1.165, 1.54) is 133 Å². The van der Waals surface area contributed by atoms with Crippen molar-refractivity contribution in [2.45, 2.75) is 159 Å². The van der Waals surface area contributed by atoms with Gasteiger partial charge in [0, 0.05) is 69.9 Å². The van der Waals surface area contributed by atoms with Crippen LogP contribution in [0.15, 0.2) is 291 Å². The Morgan fingerprint density at radius 1 is 0.216 bits per heavy atom. The molecule has 2 aliphatic rings. The van der Waals surface area contributed by atoms with Crippen LogP contribution in [0.1, 0.15) is 150 Å². The van der Waals surface area contributed by atoms with Gasteiger partial charge in [0.05, 0.1) is 0 Å². The van der Waals surface area contributed by atoms with E-state index in [9.17, 15) is 0 Å². The van der Waals surface area contributed by atoms with E-state index in [1.54, 1.807) is 0 Å². The maximum Gasteiger partial charge on any atom is 0.136 e. The molecule has 0 unspecified atom stereocenters. The Hall–Kier alpha value is -12.4. The van der Waals surface area contributed by atoms with Crippen LogP contribution in [0.5, 0.6) is 46.0 Å². The van der Waals surface area contributed by atoms with Crippen LogP contribution in [0.2, 0.25) is 0 Å². The van der Waals surface area contributed by atoms with Gasteiger partial charge in [-0.15, -0.1) is 0 Å². The molecule has 0 saturated carbocycles. The van der Waals surface area contributed by atoms with Crippen molar-refractivity contribution in [3.05, 3.63) is 358 Å². The quantitative estimate of drug-likeness (QED) is 0.0798. The van der Waals surface area contributed by atoms with E-state index in [0.717, 1.165) is 78.3 Å². The normalized spacial score (nSPS) is 13.0. The van der Waals surface area contributed by atoms with Crippen LogP contribution in [-0.2, 0) is 47.8 Å². The molecule has 16 aromatic carbocycles. The highest BCUT2D eigenvalue weighted by molar-refractivity contribution is 6.39. The van der Waals surface area contributed by atoms with Gasteiger partial charge >= 0.3 is 0 Å². The summed E-state index contributed by atoms with van der Waals surface area (Å²) in [5, 5.41) is 8.42. The first kappa shape index (κ1) is 76.3. The highest BCUT2D eigenvalue weighted by atomic mass is 16.5. The van der Waals surface area contributed by atoms with Gasteiger partial charge in [-0.25, -0.2) is 0 Å². The molecule has 2 aliphatic heterocycles. The number of fused-ring (bicyclic) bond motifs is 2. The molecule has 0 N–H and O–H groups in total. The summed E-state index contributed by atoms with van der Waals surface area (Å²) in [6, 6.07) is 105. The average molecular weight is 1520 g/mol. The third-order valence-electron chi connectivity index (χ3n) is 23.5. The van der Waals surface area contributed by atoms with Crippen LogP contribution >= 0.6 is 0 Å². The first-order chi connectivity index (χ1) is 55.6. The molecule has 6 heteroatoms. The number of rotatable bonds is 14. The molecular formula is C110H104N2O4. The summed E-state index contributed by atoms with van der Waals surface area (Å²) in [5.74, 6) is 6.02.